The van der Waals surface area contributed by atoms with Gasteiger partial charge in [-0.25, -0.2) is 4.79 Å². The van der Waals surface area contributed by atoms with E-state index in [-0.39, 0.29) is 30.1 Å². The van der Waals surface area contributed by atoms with Gasteiger partial charge in [0.1, 0.15) is 0 Å². The molecule has 0 radical (unpaired) electrons. The Morgan fingerprint density at radius 1 is 1.16 bits per heavy atom. The highest BCUT2D eigenvalue weighted by Gasteiger charge is 2.41. The fraction of sp³-hybridized carbons (Fsp3) is 0.680. The highest BCUT2D eigenvalue weighted by Crippen LogP contribution is 2.42. The van der Waals surface area contributed by atoms with E-state index in [1.165, 1.54) is 18.4 Å². The summed E-state index contributed by atoms with van der Waals surface area (Å²) in [7, 11) is 2.21. The van der Waals surface area contributed by atoms with Crippen LogP contribution in [0.4, 0.5) is 16.2 Å². The number of likely N-dealkylation sites (N-methyl/N-ethyl adjacent to an activating group) is 1. The smallest absolute Gasteiger partial charge is 0.414 e. The summed E-state index contributed by atoms with van der Waals surface area (Å²) in [6, 6.07) is 6.98. The number of hydrogen-bond acceptors (Lipinski definition) is 4. The molecule has 1 unspecified atom stereocenters. The number of carbonyl (C=O) groups excluding carboxylic acids is 2. The first-order chi connectivity index (χ1) is 14.8. The molecule has 0 bridgehead atoms. The molecule has 6 nitrogen and oxygen atoms in total. The van der Waals surface area contributed by atoms with Gasteiger partial charge in [-0.2, -0.15) is 0 Å². The van der Waals surface area contributed by atoms with Gasteiger partial charge in [0.05, 0.1) is 23.5 Å². The Morgan fingerprint density at radius 3 is 2.45 bits per heavy atom. The number of hydrogen-bond donors (Lipinski definition) is 0. The second kappa shape index (κ2) is 8.81. The molecule has 1 aromatic rings. The number of rotatable bonds is 7. The molecule has 0 spiro atoms. The van der Waals surface area contributed by atoms with Crippen LogP contribution in [0.1, 0.15) is 71.3 Å². The number of benzene rings is 1. The summed E-state index contributed by atoms with van der Waals surface area (Å²) in [5.41, 5.74) is 2.87. The average molecular weight is 428 g/mol. The van der Waals surface area contributed by atoms with E-state index in [0.29, 0.717) is 12.5 Å². The second-order valence-corrected chi connectivity index (χ2v) is 9.90. The normalized spacial score (nSPS) is 22.0. The second-order valence-electron chi connectivity index (χ2n) is 9.90. The lowest BCUT2D eigenvalue weighted by Crippen LogP contribution is -2.52. The molecule has 1 heterocycles. The van der Waals surface area contributed by atoms with Crippen molar-refractivity contribution in [2.75, 3.05) is 29.9 Å². The van der Waals surface area contributed by atoms with Crippen molar-refractivity contribution in [1.82, 2.24) is 4.90 Å². The number of anilines is 2. The Morgan fingerprint density at radius 2 is 1.87 bits per heavy atom. The largest absolute Gasteiger partial charge is 0.446 e. The van der Waals surface area contributed by atoms with Crippen LogP contribution in [0.15, 0.2) is 18.2 Å². The zero-order valence-electron chi connectivity index (χ0n) is 19.6. The SMILES string of the molecule is CCC(CN(C)C1CC1)c1ccc2c(c1)N(C(=O)OC(C)C)C[C@H](C)N2C(=O)C1CC1. The van der Waals surface area contributed by atoms with Crippen LogP contribution >= 0.6 is 0 Å². The molecule has 31 heavy (non-hydrogen) atoms. The van der Waals surface area contributed by atoms with Gasteiger partial charge >= 0.3 is 6.09 Å². The molecule has 2 atom stereocenters. The zero-order chi connectivity index (χ0) is 22.3. The molecule has 2 fully saturated rings. The Balaban J connectivity index is 1.68. The van der Waals surface area contributed by atoms with Crippen LogP contribution in [-0.4, -0.2) is 55.2 Å². The van der Waals surface area contributed by atoms with E-state index in [1.54, 1.807) is 4.90 Å². The molecule has 2 saturated carbocycles. The topological polar surface area (TPSA) is 53.1 Å². The van der Waals surface area contributed by atoms with Gasteiger partial charge in [-0.3, -0.25) is 9.69 Å². The predicted octanol–water partition coefficient (Wildman–Crippen LogP) is 4.77. The Labute approximate surface area is 186 Å². The summed E-state index contributed by atoms with van der Waals surface area (Å²) < 4.78 is 5.56. The van der Waals surface area contributed by atoms with E-state index >= 15 is 0 Å². The van der Waals surface area contributed by atoms with Crippen molar-refractivity contribution in [2.24, 2.45) is 5.92 Å². The third kappa shape index (κ3) is 4.74. The lowest BCUT2D eigenvalue weighted by atomic mass is 9.93. The first-order valence-electron chi connectivity index (χ1n) is 12.0. The van der Waals surface area contributed by atoms with Crippen LogP contribution in [0.5, 0.6) is 0 Å². The molecule has 1 aromatic carbocycles. The van der Waals surface area contributed by atoms with Gasteiger partial charge in [0.15, 0.2) is 0 Å². The van der Waals surface area contributed by atoms with Crippen molar-refractivity contribution in [3.63, 3.8) is 0 Å². The summed E-state index contributed by atoms with van der Waals surface area (Å²) in [5, 5.41) is 0. The molecule has 170 valence electrons. The molecule has 3 aliphatic rings. The number of fused-ring (bicyclic) bond motifs is 1. The zero-order valence-corrected chi connectivity index (χ0v) is 19.6. The fourth-order valence-electron chi connectivity index (χ4n) is 4.68. The summed E-state index contributed by atoms with van der Waals surface area (Å²) >= 11 is 0. The van der Waals surface area contributed by atoms with Crippen molar-refractivity contribution in [3.8, 4) is 0 Å². The van der Waals surface area contributed by atoms with Crippen molar-refractivity contribution in [1.29, 1.82) is 0 Å². The van der Waals surface area contributed by atoms with Gasteiger partial charge in [0.2, 0.25) is 5.91 Å². The molecule has 2 amide bonds. The molecule has 1 aliphatic heterocycles. The number of amides is 2. The number of ether oxygens (including phenoxy) is 1. The van der Waals surface area contributed by atoms with Gasteiger partial charge in [-0.15, -0.1) is 0 Å². The number of carbonyl (C=O) groups is 2. The standard InChI is InChI=1S/C25H37N3O3/c1-6-18(15-26(5)21-10-11-21)20-9-12-22-23(13-20)27(25(30)31-16(2)3)14-17(4)28(22)24(29)19-7-8-19/h9,12-13,16-19,21H,6-8,10-11,14-15H2,1-5H3/t17-,18?/m0/s1. The maximum Gasteiger partial charge on any atom is 0.414 e. The summed E-state index contributed by atoms with van der Waals surface area (Å²) in [5.74, 6) is 0.726. The Hall–Kier alpha value is -2.08. The highest BCUT2D eigenvalue weighted by atomic mass is 16.6. The molecule has 0 saturated heterocycles. The van der Waals surface area contributed by atoms with Crippen LogP contribution in [-0.2, 0) is 9.53 Å². The first kappa shape index (κ1) is 22.1. The lowest BCUT2D eigenvalue weighted by molar-refractivity contribution is -0.120. The Bertz CT molecular complexity index is 831. The van der Waals surface area contributed by atoms with E-state index in [2.05, 4.69) is 37.1 Å². The number of nitrogens with zero attached hydrogens (tertiary/aromatic N) is 3. The predicted molar refractivity (Wildman–Crippen MR) is 124 cm³/mol. The third-order valence-electron chi connectivity index (χ3n) is 6.80. The van der Waals surface area contributed by atoms with E-state index in [4.69, 9.17) is 4.74 Å². The maximum atomic E-state index is 13.1. The van der Waals surface area contributed by atoms with Gasteiger partial charge in [-0.1, -0.05) is 13.0 Å². The van der Waals surface area contributed by atoms with Crippen LogP contribution in [0.3, 0.4) is 0 Å². The van der Waals surface area contributed by atoms with Gasteiger partial charge in [0.25, 0.3) is 0 Å². The van der Waals surface area contributed by atoms with Crippen LogP contribution in [0.25, 0.3) is 0 Å². The van der Waals surface area contributed by atoms with Crippen LogP contribution in [0, 0.1) is 5.92 Å². The van der Waals surface area contributed by atoms with Crippen molar-refractivity contribution >= 4 is 23.4 Å². The monoisotopic (exact) mass is 427 g/mol. The summed E-state index contributed by atoms with van der Waals surface area (Å²) in [4.78, 5) is 32.2. The quantitative estimate of drug-likeness (QED) is 0.629. The van der Waals surface area contributed by atoms with Gasteiger partial charge in [-0.05, 0) is 83.5 Å². The Kier molecular flexibility index (Phi) is 6.29. The maximum absolute atomic E-state index is 13.1. The minimum atomic E-state index is -0.332. The third-order valence-corrected chi connectivity index (χ3v) is 6.80. The van der Waals surface area contributed by atoms with E-state index in [0.717, 1.165) is 43.2 Å². The van der Waals surface area contributed by atoms with E-state index in [1.807, 2.05) is 25.7 Å². The van der Waals surface area contributed by atoms with Gasteiger partial charge in [0, 0.05) is 25.0 Å². The van der Waals surface area contributed by atoms with Crippen LogP contribution in [0.2, 0.25) is 0 Å². The molecule has 0 N–H and O–H groups in total. The minimum absolute atomic E-state index is 0.0749. The van der Waals surface area contributed by atoms with Crippen molar-refractivity contribution in [2.45, 2.75) is 83.9 Å². The van der Waals surface area contributed by atoms with E-state index in [9.17, 15) is 9.59 Å². The first-order valence-corrected chi connectivity index (χ1v) is 12.0. The highest BCUT2D eigenvalue weighted by molar-refractivity contribution is 6.04. The minimum Gasteiger partial charge on any atom is -0.446 e. The van der Waals surface area contributed by atoms with E-state index < -0.39 is 0 Å². The van der Waals surface area contributed by atoms with Crippen molar-refractivity contribution < 1.29 is 14.3 Å². The lowest BCUT2D eigenvalue weighted by Gasteiger charge is -2.41. The fourth-order valence-corrected chi connectivity index (χ4v) is 4.68. The average Bonchev–Trinajstić information content (AvgIpc) is 3.62. The van der Waals surface area contributed by atoms with Crippen molar-refractivity contribution in [3.05, 3.63) is 23.8 Å². The van der Waals surface area contributed by atoms with Gasteiger partial charge < -0.3 is 14.5 Å². The molecule has 6 heteroatoms. The molecule has 4 rings (SSSR count). The molecule has 2 aliphatic carbocycles. The van der Waals surface area contributed by atoms with Crippen LogP contribution < -0.4 is 9.80 Å². The molecular formula is C25H37N3O3. The molecular weight excluding hydrogens is 390 g/mol. The summed E-state index contributed by atoms with van der Waals surface area (Å²) in [6.45, 7) is 9.45. The molecule has 0 aromatic heterocycles. The summed E-state index contributed by atoms with van der Waals surface area (Å²) in [6.07, 6.45) is 5.05.